The van der Waals surface area contributed by atoms with Crippen LogP contribution in [0.1, 0.15) is 24.5 Å². The van der Waals surface area contributed by atoms with Gasteiger partial charge in [-0.3, -0.25) is 4.79 Å². The highest BCUT2D eigenvalue weighted by Gasteiger charge is 2.09. The molecule has 0 aliphatic carbocycles. The van der Waals surface area contributed by atoms with E-state index in [1.807, 2.05) is 61.5 Å². The van der Waals surface area contributed by atoms with E-state index >= 15 is 0 Å². The quantitative estimate of drug-likeness (QED) is 0.624. The Morgan fingerprint density at radius 1 is 1.04 bits per heavy atom. The summed E-state index contributed by atoms with van der Waals surface area (Å²) in [5, 5.41) is 2.80. The molecule has 0 unspecified atom stereocenters. The van der Waals surface area contributed by atoms with Crippen molar-refractivity contribution in [3.63, 3.8) is 0 Å². The number of anilines is 1. The van der Waals surface area contributed by atoms with Crippen molar-refractivity contribution >= 4 is 17.6 Å². The Bertz CT molecular complexity index is 708. The Hall–Kier alpha value is -2.88. The molecule has 0 atom stereocenters. The molecule has 24 heavy (non-hydrogen) atoms. The van der Waals surface area contributed by atoms with E-state index in [0.717, 1.165) is 29.7 Å². The molecule has 0 aliphatic rings. The second kappa shape index (κ2) is 9.30. The lowest BCUT2D eigenvalue weighted by atomic mass is 10.0. The Balaban J connectivity index is 1.96. The van der Waals surface area contributed by atoms with E-state index in [2.05, 4.69) is 5.32 Å². The van der Waals surface area contributed by atoms with Crippen LogP contribution in [0.4, 0.5) is 5.69 Å². The number of ether oxygens (including phenoxy) is 1. The number of benzene rings is 2. The van der Waals surface area contributed by atoms with Crippen molar-refractivity contribution in [1.29, 1.82) is 0 Å². The van der Waals surface area contributed by atoms with Gasteiger partial charge in [-0.15, -0.1) is 0 Å². The van der Waals surface area contributed by atoms with Crippen molar-refractivity contribution in [1.82, 2.24) is 0 Å². The number of hydrogen-bond donors (Lipinski definition) is 1. The molecule has 0 radical (unpaired) electrons. The standard InChI is InChI=1S/C20H21NO3/c1-2-3-13-20(23)24-15-19(22)21-18-12-8-7-11-17(18)14-16-9-5-4-6-10-16/h3-13H,2,14-15H2,1H3,(H,21,22)/b13-3+. The lowest BCUT2D eigenvalue weighted by Crippen LogP contribution is -2.20. The third-order valence-electron chi connectivity index (χ3n) is 3.36. The number of amides is 1. The molecule has 2 rings (SSSR count). The minimum Gasteiger partial charge on any atom is -0.452 e. The van der Waals surface area contributed by atoms with E-state index in [9.17, 15) is 9.59 Å². The van der Waals surface area contributed by atoms with E-state index in [-0.39, 0.29) is 12.5 Å². The van der Waals surface area contributed by atoms with Gasteiger partial charge in [0.1, 0.15) is 0 Å². The zero-order valence-corrected chi connectivity index (χ0v) is 13.7. The Labute approximate surface area is 142 Å². The first-order valence-corrected chi connectivity index (χ1v) is 7.94. The summed E-state index contributed by atoms with van der Waals surface area (Å²) in [6, 6.07) is 17.6. The molecular weight excluding hydrogens is 302 g/mol. The fraction of sp³-hybridized carbons (Fsp3) is 0.200. The van der Waals surface area contributed by atoms with Crippen LogP contribution < -0.4 is 5.32 Å². The molecule has 0 saturated heterocycles. The van der Waals surface area contributed by atoms with Crippen molar-refractivity contribution in [3.8, 4) is 0 Å². The van der Waals surface area contributed by atoms with Crippen LogP contribution in [0.2, 0.25) is 0 Å². The fourth-order valence-electron chi connectivity index (χ4n) is 2.20. The number of allylic oxidation sites excluding steroid dienone is 1. The summed E-state index contributed by atoms with van der Waals surface area (Å²) < 4.78 is 4.90. The van der Waals surface area contributed by atoms with Gasteiger partial charge >= 0.3 is 5.97 Å². The van der Waals surface area contributed by atoms with Gasteiger partial charge in [-0.05, 0) is 30.0 Å². The van der Waals surface area contributed by atoms with Crippen molar-refractivity contribution < 1.29 is 14.3 Å². The molecule has 124 valence electrons. The van der Waals surface area contributed by atoms with Gasteiger partial charge in [-0.2, -0.15) is 0 Å². The molecule has 1 amide bonds. The maximum atomic E-state index is 12.0. The van der Waals surface area contributed by atoms with Crippen molar-refractivity contribution in [2.45, 2.75) is 19.8 Å². The summed E-state index contributed by atoms with van der Waals surface area (Å²) in [4.78, 5) is 23.4. The highest BCUT2D eigenvalue weighted by atomic mass is 16.5. The van der Waals surface area contributed by atoms with E-state index < -0.39 is 5.97 Å². The molecule has 0 aromatic heterocycles. The molecule has 0 aliphatic heterocycles. The third-order valence-corrected chi connectivity index (χ3v) is 3.36. The van der Waals surface area contributed by atoms with Crippen molar-refractivity contribution in [2.24, 2.45) is 0 Å². The lowest BCUT2D eigenvalue weighted by Gasteiger charge is -2.11. The van der Waals surface area contributed by atoms with Gasteiger partial charge in [0, 0.05) is 11.8 Å². The van der Waals surface area contributed by atoms with Crippen LogP contribution in [0.5, 0.6) is 0 Å². The smallest absolute Gasteiger partial charge is 0.330 e. The molecular formula is C20H21NO3. The first-order chi connectivity index (χ1) is 11.7. The number of nitrogens with one attached hydrogen (secondary N) is 1. The number of rotatable bonds is 7. The highest BCUT2D eigenvalue weighted by molar-refractivity contribution is 5.94. The molecule has 2 aromatic rings. The van der Waals surface area contributed by atoms with E-state index in [4.69, 9.17) is 4.74 Å². The number of carbonyl (C=O) groups is 2. The van der Waals surface area contributed by atoms with Gasteiger partial charge in [0.05, 0.1) is 0 Å². The van der Waals surface area contributed by atoms with Crippen LogP contribution in [0.15, 0.2) is 66.7 Å². The second-order valence-electron chi connectivity index (χ2n) is 5.29. The summed E-state index contributed by atoms with van der Waals surface area (Å²) in [6.45, 7) is 1.62. The van der Waals surface area contributed by atoms with Crippen LogP contribution in [0, 0.1) is 0 Å². The molecule has 1 N–H and O–H groups in total. The minimum absolute atomic E-state index is 0.299. The van der Waals surface area contributed by atoms with Crippen LogP contribution in [0.3, 0.4) is 0 Å². The maximum absolute atomic E-state index is 12.0. The maximum Gasteiger partial charge on any atom is 0.330 e. The first kappa shape index (κ1) is 17.5. The zero-order valence-electron chi connectivity index (χ0n) is 13.7. The molecule has 2 aromatic carbocycles. The number of para-hydroxylation sites is 1. The summed E-state index contributed by atoms with van der Waals surface area (Å²) in [5.41, 5.74) is 2.90. The summed E-state index contributed by atoms with van der Waals surface area (Å²) in [7, 11) is 0. The van der Waals surface area contributed by atoms with Crippen LogP contribution in [-0.2, 0) is 20.7 Å². The van der Waals surface area contributed by atoms with Gasteiger partial charge in [0.25, 0.3) is 5.91 Å². The molecule has 4 nitrogen and oxygen atoms in total. The number of esters is 1. The van der Waals surface area contributed by atoms with Crippen molar-refractivity contribution in [3.05, 3.63) is 77.9 Å². The first-order valence-electron chi connectivity index (χ1n) is 7.94. The van der Waals surface area contributed by atoms with Gasteiger partial charge in [0.15, 0.2) is 6.61 Å². The predicted octanol–water partition coefficient (Wildman–Crippen LogP) is 3.73. The molecule has 4 heteroatoms. The zero-order chi connectivity index (χ0) is 17.2. The lowest BCUT2D eigenvalue weighted by molar-refractivity contribution is -0.142. The fourth-order valence-corrected chi connectivity index (χ4v) is 2.20. The topological polar surface area (TPSA) is 55.4 Å². The van der Waals surface area contributed by atoms with Gasteiger partial charge in [0.2, 0.25) is 0 Å². The molecule has 0 bridgehead atoms. The van der Waals surface area contributed by atoms with E-state index in [1.54, 1.807) is 6.08 Å². The second-order valence-corrected chi connectivity index (χ2v) is 5.29. The monoisotopic (exact) mass is 323 g/mol. The average Bonchev–Trinajstić information content (AvgIpc) is 2.61. The Morgan fingerprint density at radius 3 is 2.50 bits per heavy atom. The van der Waals surface area contributed by atoms with Crippen LogP contribution >= 0.6 is 0 Å². The molecule has 0 spiro atoms. The van der Waals surface area contributed by atoms with E-state index in [1.165, 1.54) is 6.08 Å². The SMILES string of the molecule is CC/C=C/C(=O)OCC(=O)Nc1ccccc1Cc1ccccc1. The summed E-state index contributed by atoms with van der Waals surface area (Å²) in [6.07, 6.45) is 4.48. The van der Waals surface area contributed by atoms with E-state index in [0.29, 0.717) is 0 Å². The molecule has 0 fully saturated rings. The number of carbonyl (C=O) groups excluding carboxylic acids is 2. The Morgan fingerprint density at radius 2 is 1.75 bits per heavy atom. The van der Waals surface area contributed by atoms with Crippen molar-refractivity contribution in [2.75, 3.05) is 11.9 Å². The normalized spacial score (nSPS) is 10.5. The van der Waals surface area contributed by atoms with Gasteiger partial charge in [-0.1, -0.05) is 61.5 Å². The Kier molecular flexibility index (Phi) is 6.77. The van der Waals surface area contributed by atoms with Gasteiger partial charge < -0.3 is 10.1 Å². The molecule has 0 heterocycles. The predicted molar refractivity (Wildman–Crippen MR) is 94.7 cm³/mol. The van der Waals surface area contributed by atoms with Crippen LogP contribution in [-0.4, -0.2) is 18.5 Å². The molecule has 0 saturated carbocycles. The summed E-state index contributed by atoms with van der Waals surface area (Å²) >= 11 is 0. The number of hydrogen-bond acceptors (Lipinski definition) is 3. The highest BCUT2D eigenvalue weighted by Crippen LogP contribution is 2.19. The van der Waals surface area contributed by atoms with Crippen LogP contribution in [0.25, 0.3) is 0 Å². The summed E-state index contributed by atoms with van der Waals surface area (Å²) in [5.74, 6) is -0.863. The average molecular weight is 323 g/mol. The third kappa shape index (κ3) is 5.72. The van der Waals surface area contributed by atoms with Gasteiger partial charge in [-0.25, -0.2) is 4.79 Å². The minimum atomic E-state index is -0.510. The largest absolute Gasteiger partial charge is 0.452 e.